The van der Waals surface area contributed by atoms with Crippen LogP contribution in [0.15, 0.2) is 28.9 Å². The Balaban J connectivity index is 2.37. The van der Waals surface area contributed by atoms with Crippen LogP contribution in [0.1, 0.15) is 5.69 Å². The van der Waals surface area contributed by atoms with Crippen LogP contribution < -0.4 is 4.74 Å². The van der Waals surface area contributed by atoms with Gasteiger partial charge in [-0.15, -0.1) is 11.6 Å². The summed E-state index contributed by atoms with van der Waals surface area (Å²) in [5.74, 6) is 0.345. The summed E-state index contributed by atoms with van der Waals surface area (Å²) in [4.78, 5) is 4.09. The van der Waals surface area contributed by atoms with E-state index < -0.39 is 5.82 Å². The van der Waals surface area contributed by atoms with Crippen LogP contribution >= 0.6 is 11.6 Å². The van der Waals surface area contributed by atoms with E-state index in [1.165, 1.54) is 25.5 Å². The van der Waals surface area contributed by atoms with Crippen LogP contribution in [0.2, 0.25) is 0 Å². The topological polar surface area (TPSA) is 35.3 Å². The number of aromatic nitrogens is 1. The van der Waals surface area contributed by atoms with Gasteiger partial charge in [0.2, 0.25) is 5.89 Å². The van der Waals surface area contributed by atoms with Crippen LogP contribution in [0.4, 0.5) is 4.39 Å². The number of hydrogen-bond donors (Lipinski definition) is 0. The number of alkyl halides is 1. The number of ether oxygens (including phenoxy) is 1. The van der Waals surface area contributed by atoms with Crippen molar-refractivity contribution in [3.05, 3.63) is 36.0 Å². The Kier molecular flexibility index (Phi) is 3.10. The summed E-state index contributed by atoms with van der Waals surface area (Å²) < 4.78 is 23.4. The van der Waals surface area contributed by atoms with Crippen molar-refractivity contribution >= 4 is 11.6 Å². The maximum Gasteiger partial charge on any atom is 0.226 e. The lowest BCUT2D eigenvalue weighted by molar-refractivity contribution is 0.386. The van der Waals surface area contributed by atoms with E-state index in [4.69, 9.17) is 20.8 Å². The quantitative estimate of drug-likeness (QED) is 0.774. The van der Waals surface area contributed by atoms with Gasteiger partial charge in [-0.05, 0) is 18.2 Å². The fourth-order valence-electron chi connectivity index (χ4n) is 1.30. The molecular formula is C11H9ClFNO2. The van der Waals surface area contributed by atoms with E-state index in [2.05, 4.69) is 4.98 Å². The molecule has 0 unspecified atom stereocenters. The van der Waals surface area contributed by atoms with Gasteiger partial charge in [0.05, 0.1) is 18.7 Å². The first-order valence-electron chi connectivity index (χ1n) is 4.59. The molecule has 1 heterocycles. The second kappa shape index (κ2) is 4.53. The molecule has 0 atom stereocenters. The minimum absolute atomic E-state index is 0.188. The van der Waals surface area contributed by atoms with Gasteiger partial charge in [0.25, 0.3) is 0 Å². The first-order chi connectivity index (χ1) is 7.74. The fraction of sp³-hybridized carbons (Fsp3) is 0.182. The zero-order chi connectivity index (χ0) is 11.5. The minimum atomic E-state index is -0.453. The normalized spacial score (nSPS) is 10.4. The van der Waals surface area contributed by atoms with Gasteiger partial charge >= 0.3 is 0 Å². The Bertz CT molecular complexity index is 498. The second-order valence-corrected chi connectivity index (χ2v) is 3.39. The highest BCUT2D eigenvalue weighted by Gasteiger charge is 2.09. The molecule has 0 spiro atoms. The van der Waals surface area contributed by atoms with Gasteiger partial charge in [0.15, 0.2) is 11.6 Å². The summed E-state index contributed by atoms with van der Waals surface area (Å²) in [5, 5.41) is 0. The lowest BCUT2D eigenvalue weighted by Crippen LogP contribution is -1.88. The second-order valence-electron chi connectivity index (χ2n) is 3.13. The first-order valence-corrected chi connectivity index (χ1v) is 5.12. The lowest BCUT2D eigenvalue weighted by Gasteiger charge is -2.02. The summed E-state index contributed by atoms with van der Waals surface area (Å²) in [6.45, 7) is 0. The molecule has 0 aliphatic carbocycles. The maximum absolute atomic E-state index is 13.4. The van der Waals surface area contributed by atoms with Crippen molar-refractivity contribution in [3.63, 3.8) is 0 Å². The van der Waals surface area contributed by atoms with Gasteiger partial charge < -0.3 is 9.15 Å². The SMILES string of the molecule is COc1ccc(-c2nc(CCl)co2)cc1F. The third-order valence-corrected chi connectivity index (χ3v) is 2.36. The van der Waals surface area contributed by atoms with Gasteiger partial charge in [-0.3, -0.25) is 0 Å². The molecule has 3 nitrogen and oxygen atoms in total. The molecule has 0 fully saturated rings. The Morgan fingerprint density at radius 2 is 2.31 bits per heavy atom. The largest absolute Gasteiger partial charge is 0.494 e. The standard InChI is InChI=1S/C11H9ClFNO2/c1-15-10-3-2-7(4-9(10)13)11-14-8(5-12)6-16-11/h2-4,6H,5H2,1H3. The first kappa shape index (κ1) is 11.0. The Morgan fingerprint density at radius 3 is 2.88 bits per heavy atom. The Morgan fingerprint density at radius 1 is 1.50 bits per heavy atom. The van der Waals surface area contributed by atoms with E-state index in [-0.39, 0.29) is 11.6 Å². The monoisotopic (exact) mass is 241 g/mol. The molecule has 1 aromatic carbocycles. The third-order valence-electron chi connectivity index (χ3n) is 2.09. The molecule has 0 aliphatic heterocycles. The van der Waals surface area contributed by atoms with E-state index in [9.17, 15) is 4.39 Å². The number of oxazole rings is 1. The third kappa shape index (κ3) is 2.02. The van der Waals surface area contributed by atoms with E-state index in [1.54, 1.807) is 6.07 Å². The zero-order valence-corrected chi connectivity index (χ0v) is 9.29. The molecule has 2 rings (SSSR count). The van der Waals surface area contributed by atoms with Crippen LogP contribution in [-0.4, -0.2) is 12.1 Å². The molecule has 2 aromatic rings. The molecule has 0 N–H and O–H groups in total. The van der Waals surface area contributed by atoms with Crippen molar-refractivity contribution in [2.45, 2.75) is 5.88 Å². The van der Waals surface area contributed by atoms with Gasteiger partial charge in [-0.1, -0.05) is 0 Å². The molecule has 0 aliphatic rings. The number of benzene rings is 1. The predicted molar refractivity (Wildman–Crippen MR) is 58.0 cm³/mol. The van der Waals surface area contributed by atoms with Gasteiger partial charge in [-0.2, -0.15) is 0 Å². The van der Waals surface area contributed by atoms with Crippen molar-refractivity contribution in [1.29, 1.82) is 0 Å². The molecule has 1 aromatic heterocycles. The van der Waals surface area contributed by atoms with Crippen LogP contribution in [-0.2, 0) is 5.88 Å². The molecule has 0 bridgehead atoms. The smallest absolute Gasteiger partial charge is 0.226 e. The predicted octanol–water partition coefficient (Wildman–Crippen LogP) is 3.23. The number of halogens is 2. The zero-order valence-electron chi connectivity index (χ0n) is 8.54. The van der Waals surface area contributed by atoms with Gasteiger partial charge in [0.1, 0.15) is 6.26 Å². The number of methoxy groups -OCH3 is 1. The molecule has 0 saturated heterocycles. The van der Waals surface area contributed by atoms with E-state index in [0.717, 1.165) is 0 Å². The summed E-state index contributed by atoms with van der Waals surface area (Å²) in [6.07, 6.45) is 1.45. The average Bonchev–Trinajstić information content (AvgIpc) is 2.77. The maximum atomic E-state index is 13.4. The summed E-state index contributed by atoms with van der Waals surface area (Å²) in [5.41, 5.74) is 1.17. The molecule has 0 saturated carbocycles. The van der Waals surface area contributed by atoms with Crippen LogP contribution in [0, 0.1) is 5.82 Å². The number of nitrogens with zero attached hydrogens (tertiary/aromatic N) is 1. The molecule has 0 amide bonds. The van der Waals surface area contributed by atoms with Crippen molar-refractivity contribution in [2.24, 2.45) is 0 Å². The Labute approximate surface area is 96.8 Å². The molecule has 5 heteroatoms. The highest BCUT2D eigenvalue weighted by molar-refractivity contribution is 6.16. The Hall–Kier alpha value is -1.55. The number of hydrogen-bond acceptors (Lipinski definition) is 3. The fourth-order valence-corrected chi connectivity index (χ4v) is 1.42. The summed E-state index contributed by atoms with van der Waals surface area (Å²) >= 11 is 5.59. The minimum Gasteiger partial charge on any atom is -0.494 e. The highest BCUT2D eigenvalue weighted by Crippen LogP contribution is 2.25. The summed E-state index contributed by atoms with van der Waals surface area (Å²) in [6, 6.07) is 4.50. The van der Waals surface area contributed by atoms with Gasteiger partial charge in [-0.25, -0.2) is 9.37 Å². The number of rotatable bonds is 3. The average molecular weight is 242 g/mol. The molecule has 84 valence electrons. The van der Waals surface area contributed by atoms with Crippen molar-refractivity contribution in [2.75, 3.05) is 7.11 Å². The van der Waals surface area contributed by atoms with Crippen LogP contribution in [0.5, 0.6) is 5.75 Å². The lowest BCUT2D eigenvalue weighted by atomic mass is 10.2. The van der Waals surface area contributed by atoms with Gasteiger partial charge in [0, 0.05) is 5.56 Å². The van der Waals surface area contributed by atoms with Crippen LogP contribution in [0.3, 0.4) is 0 Å². The van der Waals surface area contributed by atoms with Crippen molar-refractivity contribution in [3.8, 4) is 17.2 Å². The van der Waals surface area contributed by atoms with Crippen molar-refractivity contribution in [1.82, 2.24) is 4.98 Å². The molecule has 0 radical (unpaired) electrons. The van der Waals surface area contributed by atoms with E-state index in [0.29, 0.717) is 17.1 Å². The van der Waals surface area contributed by atoms with E-state index >= 15 is 0 Å². The summed E-state index contributed by atoms with van der Waals surface area (Å²) in [7, 11) is 1.41. The molecule has 16 heavy (non-hydrogen) atoms. The van der Waals surface area contributed by atoms with Crippen LogP contribution in [0.25, 0.3) is 11.5 Å². The van der Waals surface area contributed by atoms with Crippen molar-refractivity contribution < 1.29 is 13.5 Å². The van der Waals surface area contributed by atoms with E-state index in [1.807, 2.05) is 0 Å². The molecular weight excluding hydrogens is 233 g/mol. The highest BCUT2D eigenvalue weighted by atomic mass is 35.5.